The van der Waals surface area contributed by atoms with Crippen LogP contribution < -0.4 is 25.8 Å². The molecule has 1 heterocycles. The summed E-state index contributed by atoms with van der Waals surface area (Å²) in [4.78, 5) is 41.3. The Labute approximate surface area is 332 Å². The third kappa shape index (κ3) is 14.1. The number of hydrogen-bond acceptors (Lipinski definition) is 8. The van der Waals surface area contributed by atoms with Crippen molar-refractivity contribution in [2.45, 2.75) is 123 Å². The topological polar surface area (TPSA) is 130 Å². The van der Waals surface area contributed by atoms with Crippen LogP contribution in [0.2, 0.25) is 18.1 Å². The van der Waals surface area contributed by atoms with Crippen LogP contribution in [0.3, 0.4) is 0 Å². The molecule has 0 aliphatic carbocycles. The molecule has 1 fully saturated rings. The number of carbonyl (C=O) groups is 3. The van der Waals surface area contributed by atoms with Gasteiger partial charge in [0.2, 0.25) is 20.1 Å². The Balaban J connectivity index is 2.41. The van der Waals surface area contributed by atoms with Crippen LogP contribution >= 0.6 is 0 Å². The molecule has 0 saturated carbocycles. The van der Waals surface area contributed by atoms with E-state index in [4.69, 9.17) is 13.9 Å². The van der Waals surface area contributed by atoms with E-state index in [1.807, 2.05) is 64.1 Å². The van der Waals surface area contributed by atoms with E-state index < -0.39 is 38.5 Å². The second-order valence-corrected chi connectivity index (χ2v) is 21.2. The lowest BCUT2D eigenvalue weighted by atomic mass is 9.87. The van der Waals surface area contributed by atoms with Gasteiger partial charge in [-0.15, -0.1) is 6.58 Å². The maximum Gasteiger partial charge on any atom is 0.259 e. The Morgan fingerprint density at radius 3 is 2.35 bits per heavy atom. The van der Waals surface area contributed by atoms with Crippen molar-refractivity contribution in [3.8, 4) is 5.75 Å². The van der Waals surface area contributed by atoms with Crippen molar-refractivity contribution < 1.29 is 28.3 Å². The molecule has 1 aliphatic heterocycles. The van der Waals surface area contributed by atoms with Crippen molar-refractivity contribution >= 4 is 26.0 Å². The van der Waals surface area contributed by atoms with E-state index in [0.717, 1.165) is 11.3 Å². The molecule has 308 valence electrons. The van der Waals surface area contributed by atoms with Crippen LogP contribution in [0.4, 0.5) is 0 Å². The molecule has 0 bridgehead atoms. The lowest BCUT2D eigenvalue weighted by Crippen LogP contribution is -2.61. The zero-order chi connectivity index (χ0) is 41.5. The van der Waals surface area contributed by atoms with Gasteiger partial charge in [-0.25, -0.2) is 5.43 Å². The fraction of sp³-hybridized carbons (Fsp3) is 0.605. The van der Waals surface area contributed by atoms with E-state index in [-0.39, 0.29) is 40.7 Å². The third-order valence-corrected chi connectivity index (χ3v) is 15.2. The zero-order valence-corrected chi connectivity index (χ0v) is 36.5. The van der Waals surface area contributed by atoms with Crippen molar-refractivity contribution in [2.75, 3.05) is 27.3 Å². The van der Waals surface area contributed by atoms with Gasteiger partial charge in [0.05, 0.1) is 24.2 Å². The molecule has 0 radical (unpaired) electrons. The summed E-state index contributed by atoms with van der Waals surface area (Å²) in [6, 6.07) is 6.06. The number of benzene rings is 1. The minimum atomic E-state index is -2.12. The first kappa shape index (κ1) is 47.4. The van der Waals surface area contributed by atoms with Crippen molar-refractivity contribution in [1.82, 2.24) is 26.4 Å². The van der Waals surface area contributed by atoms with Crippen LogP contribution in [0.5, 0.6) is 5.75 Å². The minimum Gasteiger partial charge on any atom is -0.543 e. The molecule has 4 N–H and O–H groups in total. The molecule has 11 nitrogen and oxygen atoms in total. The maximum atomic E-state index is 14.5. The first-order valence-corrected chi connectivity index (χ1v) is 22.6. The second-order valence-electron chi connectivity index (χ2n) is 16.5. The smallest absolute Gasteiger partial charge is 0.259 e. The number of hydrazine groups is 1. The molecule has 0 unspecified atom stereocenters. The Bertz CT molecular complexity index is 1470. The highest BCUT2D eigenvalue weighted by molar-refractivity contribution is 6.74. The van der Waals surface area contributed by atoms with E-state index in [1.54, 1.807) is 31.4 Å². The average Bonchev–Trinajstić information content (AvgIpc) is 3.13. The highest BCUT2D eigenvalue weighted by Gasteiger charge is 2.39. The summed E-state index contributed by atoms with van der Waals surface area (Å²) in [7, 11) is 1.11. The predicted molar refractivity (Wildman–Crippen MR) is 226 cm³/mol. The highest BCUT2D eigenvalue weighted by Crippen LogP contribution is 2.37. The zero-order valence-electron chi connectivity index (χ0n) is 35.5. The summed E-state index contributed by atoms with van der Waals surface area (Å²) < 4.78 is 18.2. The molecule has 0 aromatic heterocycles. The highest BCUT2D eigenvalue weighted by atomic mass is 28.4. The van der Waals surface area contributed by atoms with E-state index in [2.05, 4.69) is 75.0 Å². The van der Waals surface area contributed by atoms with Crippen LogP contribution in [0.15, 0.2) is 74.0 Å². The number of allylic oxidation sites excluding steroid dienone is 2. The van der Waals surface area contributed by atoms with E-state index in [1.165, 1.54) is 0 Å². The van der Waals surface area contributed by atoms with Crippen molar-refractivity contribution in [3.05, 3.63) is 79.6 Å². The number of rotatable bonds is 22. The number of amides is 3. The Kier molecular flexibility index (Phi) is 19.1. The Morgan fingerprint density at radius 2 is 1.76 bits per heavy atom. The predicted octanol–water partition coefficient (Wildman–Crippen LogP) is 6.46. The number of hydrogen-bond donors (Lipinski definition) is 4. The summed E-state index contributed by atoms with van der Waals surface area (Å²) >= 11 is 0. The van der Waals surface area contributed by atoms with Crippen LogP contribution in [0.25, 0.3) is 0 Å². The van der Waals surface area contributed by atoms with Crippen molar-refractivity contribution in [3.63, 3.8) is 0 Å². The molecule has 1 aromatic rings. The van der Waals surface area contributed by atoms with Gasteiger partial charge in [-0.3, -0.25) is 19.4 Å². The van der Waals surface area contributed by atoms with Gasteiger partial charge < -0.3 is 29.9 Å². The maximum absolute atomic E-state index is 14.5. The lowest BCUT2D eigenvalue weighted by molar-refractivity contribution is -0.141. The minimum absolute atomic E-state index is 0.0123. The standard InChI is InChI=1S/C43H71N5O6Si/c1-15-17-24-37(52-11)30(5)39(53-12)31(6)40(49)46-38(29(3)4)32(7)45-36(28-33-21-19-22-34(27-33)54-55(13,14)43(8,9)10)42(51)48-26-20-23-35(47-48)41(50)44-25-18-16-2/h15-17,19,21-22,24,27,29-31,35-39,45,47H,1-2,7,18,20,23,25-26,28H2,3-6,8-14H3,(H,44,50)(H,46,49)/b24-17+/t30-,31+,35-,36-,37-,38-,39+/m0/s1. The van der Waals surface area contributed by atoms with E-state index >= 15 is 0 Å². The molecule has 12 heteroatoms. The molecule has 7 atom stereocenters. The van der Waals surface area contributed by atoms with Gasteiger partial charge in [0.1, 0.15) is 17.8 Å². The van der Waals surface area contributed by atoms with E-state index in [9.17, 15) is 14.4 Å². The second kappa shape index (κ2) is 22.1. The quantitative estimate of drug-likeness (QED) is 0.0457. The number of ether oxygens (including phenoxy) is 2. The average molecular weight is 782 g/mol. The van der Waals surface area contributed by atoms with Gasteiger partial charge in [0.25, 0.3) is 5.91 Å². The number of carbonyl (C=O) groups excluding carboxylic acids is 3. The molecule has 1 aliphatic rings. The summed E-state index contributed by atoms with van der Waals surface area (Å²) in [5, 5.41) is 11.1. The first-order valence-electron chi connectivity index (χ1n) is 19.7. The molecule has 1 saturated heterocycles. The van der Waals surface area contributed by atoms with Crippen molar-refractivity contribution in [2.24, 2.45) is 17.8 Å². The number of methoxy groups -OCH3 is 2. The molecule has 3 amide bonds. The molecular weight excluding hydrogens is 711 g/mol. The normalized spacial score (nSPS) is 18.4. The number of nitrogens with one attached hydrogen (secondary N) is 4. The Hall–Kier alpha value is -3.71. The first-order chi connectivity index (χ1) is 25.8. The van der Waals surface area contributed by atoms with Crippen LogP contribution in [0.1, 0.15) is 73.3 Å². The molecule has 2 rings (SSSR count). The van der Waals surface area contributed by atoms with Gasteiger partial charge in [-0.2, -0.15) is 0 Å². The summed E-state index contributed by atoms with van der Waals surface area (Å²) in [5.41, 5.74) is 4.59. The lowest BCUT2D eigenvalue weighted by Gasteiger charge is -2.37. The SMILES string of the molecule is C=C/C=C/[C@H](OC)[C@H](C)[C@@H](OC)[C@@H](C)C(=O)N[C@H](C(=C)N[C@@H](Cc1cccc(O[Si](C)(C)C(C)(C)C)c1)C(=O)N1CCC[C@@H](C(=O)NCCC=C)N1)C(C)C. The summed E-state index contributed by atoms with van der Waals surface area (Å²) in [6.07, 6.45) is 8.67. The number of nitrogens with zero attached hydrogens (tertiary/aromatic N) is 1. The third-order valence-electron chi connectivity index (χ3n) is 10.9. The van der Waals surface area contributed by atoms with Gasteiger partial charge in [-0.1, -0.05) is 98.1 Å². The monoisotopic (exact) mass is 782 g/mol. The van der Waals surface area contributed by atoms with Crippen molar-refractivity contribution in [1.29, 1.82) is 0 Å². The van der Waals surface area contributed by atoms with E-state index in [0.29, 0.717) is 44.5 Å². The van der Waals surface area contributed by atoms with Crippen LogP contribution in [-0.2, 0) is 30.3 Å². The molecular formula is C43H71N5O6Si. The van der Waals surface area contributed by atoms with Crippen LogP contribution in [-0.4, -0.2) is 88.7 Å². The largest absolute Gasteiger partial charge is 0.543 e. The van der Waals surface area contributed by atoms with Gasteiger partial charge in [-0.05, 0) is 61.0 Å². The summed E-state index contributed by atoms with van der Waals surface area (Å²) in [5.74, 6) is -0.562. The molecule has 0 spiro atoms. The Morgan fingerprint density at radius 1 is 1.07 bits per heavy atom. The molecule has 1 aromatic carbocycles. The summed E-state index contributed by atoms with van der Waals surface area (Å²) in [6.45, 7) is 31.6. The fourth-order valence-corrected chi connectivity index (χ4v) is 7.51. The van der Waals surface area contributed by atoms with Gasteiger partial charge in [0.15, 0.2) is 0 Å². The van der Waals surface area contributed by atoms with Crippen LogP contribution in [0, 0.1) is 17.8 Å². The van der Waals surface area contributed by atoms with Gasteiger partial charge in [0, 0.05) is 45.3 Å². The molecule has 55 heavy (non-hydrogen) atoms. The fourth-order valence-electron chi connectivity index (χ4n) is 6.48. The van der Waals surface area contributed by atoms with Gasteiger partial charge >= 0.3 is 0 Å².